The Labute approximate surface area is 118 Å². The van der Waals surface area contributed by atoms with E-state index in [1.165, 1.54) is 11.8 Å². The molecule has 8 heteroatoms. The number of hydrogen-bond donors (Lipinski definition) is 2. The van der Waals surface area contributed by atoms with Crippen molar-refractivity contribution in [3.63, 3.8) is 0 Å². The van der Waals surface area contributed by atoms with Crippen LogP contribution in [0, 0.1) is 6.92 Å². The van der Waals surface area contributed by atoms with Crippen LogP contribution in [-0.4, -0.2) is 26.0 Å². The highest BCUT2D eigenvalue weighted by Crippen LogP contribution is 2.23. The number of aryl methyl sites for hydroxylation is 1. The maximum absolute atomic E-state index is 8.66. The molecule has 3 N–H and O–H groups in total. The molecule has 98 valence electrons. The van der Waals surface area contributed by atoms with E-state index < -0.39 is 0 Å². The minimum atomic E-state index is -0.0589. The summed E-state index contributed by atoms with van der Waals surface area (Å²) in [5.41, 5.74) is 6.60. The first-order chi connectivity index (χ1) is 9.08. The van der Waals surface area contributed by atoms with E-state index in [1.807, 2.05) is 0 Å². The number of nitrogens with two attached hydrogens (primary N) is 1. The first kappa shape index (κ1) is 13.6. The van der Waals surface area contributed by atoms with Crippen molar-refractivity contribution in [2.45, 2.75) is 17.1 Å². The maximum atomic E-state index is 8.66. The highest BCUT2D eigenvalue weighted by molar-refractivity contribution is 7.99. The fourth-order valence-electron chi connectivity index (χ4n) is 1.29. The smallest absolute Gasteiger partial charge is 0.194 e. The lowest BCUT2D eigenvalue weighted by Gasteiger charge is -2.04. The molecule has 2 rings (SSSR count). The summed E-state index contributed by atoms with van der Waals surface area (Å²) in [5, 5.41) is 13.3. The largest absolute Gasteiger partial charge is 0.409 e. The van der Waals surface area contributed by atoms with Crippen LogP contribution >= 0.6 is 23.4 Å². The van der Waals surface area contributed by atoms with Crippen LogP contribution in [0.1, 0.15) is 11.4 Å². The van der Waals surface area contributed by atoms with E-state index in [4.69, 9.17) is 22.5 Å². The molecule has 0 saturated heterocycles. The summed E-state index contributed by atoms with van der Waals surface area (Å²) < 4.78 is 0. The zero-order valence-corrected chi connectivity index (χ0v) is 11.5. The Morgan fingerprint density at radius 2 is 2.21 bits per heavy atom. The van der Waals surface area contributed by atoms with E-state index in [-0.39, 0.29) is 5.84 Å². The molecule has 0 bridgehead atoms. The van der Waals surface area contributed by atoms with Gasteiger partial charge in [0, 0.05) is 11.9 Å². The van der Waals surface area contributed by atoms with Gasteiger partial charge in [0.1, 0.15) is 10.7 Å². The van der Waals surface area contributed by atoms with Gasteiger partial charge in [-0.25, -0.2) is 15.0 Å². The molecule has 0 aromatic carbocycles. The summed E-state index contributed by atoms with van der Waals surface area (Å²) >= 11 is 7.03. The molecule has 0 saturated carbocycles. The molecule has 0 spiro atoms. The molecule has 0 amide bonds. The van der Waals surface area contributed by atoms with E-state index in [1.54, 1.807) is 31.3 Å². The second-order valence-electron chi connectivity index (χ2n) is 3.58. The Hall–Kier alpha value is -1.86. The molecule has 0 radical (unpaired) electrons. The lowest BCUT2D eigenvalue weighted by molar-refractivity contribution is 0.318. The molecule has 0 aliphatic heterocycles. The Bertz CT molecular complexity index is 617. The van der Waals surface area contributed by atoms with E-state index in [2.05, 4.69) is 20.1 Å². The Balaban J connectivity index is 2.30. The summed E-state index contributed by atoms with van der Waals surface area (Å²) in [6.07, 6.45) is 1.55. The predicted octanol–water partition coefficient (Wildman–Crippen LogP) is 2.08. The number of amidine groups is 1. The Morgan fingerprint density at radius 3 is 2.84 bits per heavy atom. The van der Waals surface area contributed by atoms with Crippen molar-refractivity contribution in [2.75, 3.05) is 0 Å². The number of halogens is 1. The normalized spacial score (nSPS) is 11.6. The molecular weight excluding hydrogens is 286 g/mol. The Kier molecular flexibility index (Phi) is 4.18. The molecule has 6 nitrogen and oxygen atoms in total. The summed E-state index contributed by atoms with van der Waals surface area (Å²) in [4.78, 5) is 12.6. The van der Waals surface area contributed by atoms with Gasteiger partial charge in [0.25, 0.3) is 0 Å². The molecular formula is C11H10ClN5OS. The minimum Gasteiger partial charge on any atom is -0.409 e. The number of aromatic nitrogens is 3. The maximum Gasteiger partial charge on any atom is 0.194 e. The van der Waals surface area contributed by atoms with Crippen LogP contribution in [0.3, 0.4) is 0 Å². The fourth-order valence-corrected chi connectivity index (χ4v) is 2.16. The van der Waals surface area contributed by atoms with Gasteiger partial charge in [-0.15, -0.1) is 0 Å². The van der Waals surface area contributed by atoms with E-state index in [0.29, 0.717) is 26.6 Å². The second-order valence-corrected chi connectivity index (χ2v) is 5.00. The van der Waals surface area contributed by atoms with Crippen molar-refractivity contribution in [1.82, 2.24) is 15.0 Å². The predicted molar refractivity (Wildman–Crippen MR) is 72.6 cm³/mol. The first-order valence-electron chi connectivity index (χ1n) is 5.21. The second kappa shape index (κ2) is 5.85. The van der Waals surface area contributed by atoms with Gasteiger partial charge in [-0.05, 0) is 36.9 Å². The molecule has 0 unspecified atom stereocenters. The summed E-state index contributed by atoms with van der Waals surface area (Å²) in [6.45, 7) is 1.80. The first-order valence-corrected chi connectivity index (χ1v) is 6.41. The third-order valence-corrected chi connectivity index (χ3v) is 3.14. The standard InChI is InChI=1S/C11H10ClN5OS/c1-6-4-8(10(13)17-18)16-11(15-6)19-9-3-2-7(12)5-14-9/h2-5,18H,1H3,(H2,13,17). The van der Waals surface area contributed by atoms with Gasteiger partial charge < -0.3 is 10.9 Å². The van der Waals surface area contributed by atoms with E-state index in [0.717, 1.165) is 0 Å². The molecule has 19 heavy (non-hydrogen) atoms. The van der Waals surface area contributed by atoms with Gasteiger partial charge in [0.2, 0.25) is 0 Å². The summed E-state index contributed by atoms with van der Waals surface area (Å²) in [5.74, 6) is -0.0589. The third kappa shape index (κ3) is 3.55. The number of rotatable bonds is 3. The van der Waals surface area contributed by atoms with Crippen molar-refractivity contribution in [3.8, 4) is 0 Å². The van der Waals surface area contributed by atoms with Gasteiger partial charge in [0.15, 0.2) is 11.0 Å². The van der Waals surface area contributed by atoms with Crippen LogP contribution in [0.5, 0.6) is 0 Å². The van der Waals surface area contributed by atoms with Crippen molar-refractivity contribution in [3.05, 3.63) is 40.8 Å². The topological polar surface area (TPSA) is 97.3 Å². The van der Waals surface area contributed by atoms with Gasteiger partial charge in [0.05, 0.1) is 5.02 Å². The van der Waals surface area contributed by atoms with Crippen LogP contribution in [0.15, 0.2) is 39.7 Å². The van der Waals surface area contributed by atoms with Crippen LogP contribution in [-0.2, 0) is 0 Å². The van der Waals surface area contributed by atoms with Gasteiger partial charge in [-0.1, -0.05) is 16.8 Å². The van der Waals surface area contributed by atoms with E-state index >= 15 is 0 Å². The summed E-state index contributed by atoms with van der Waals surface area (Å²) in [6, 6.07) is 5.13. The average molecular weight is 296 g/mol. The lowest BCUT2D eigenvalue weighted by atomic mass is 10.3. The Morgan fingerprint density at radius 1 is 1.42 bits per heavy atom. The number of oxime groups is 1. The zero-order valence-electron chi connectivity index (χ0n) is 9.91. The SMILES string of the molecule is Cc1cc(/C(N)=N/O)nc(Sc2ccc(Cl)cn2)n1. The van der Waals surface area contributed by atoms with Gasteiger partial charge in [-0.3, -0.25) is 0 Å². The zero-order chi connectivity index (χ0) is 13.8. The van der Waals surface area contributed by atoms with E-state index in [9.17, 15) is 0 Å². The quantitative estimate of drug-likeness (QED) is 0.296. The van der Waals surface area contributed by atoms with Crippen molar-refractivity contribution < 1.29 is 5.21 Å². The molecule has 2 aromatic heterocycles. The fraction of sp³-hybridized carbons (Fsp3) is 0.0909. The van der Waals surface area contributed by atoms with Crippen molar-refractivity contribution >= 4 is 29.2 Å². The summed E-state index contributed by atoms with van der Waals surface area (Å²) in [7, 11) is 0. The molecule has 0 atom stereocenters. The van der Waals surface area contributed by atoms with Crippen LogP contribution < -0.4 is 5.73 Å². The molecule has 0 aliphatic rings. The monoisotopic (exact) mass is 295 g/mol. The number of hydrogen-bond acceptors (Lipinski definition) is 6. The van der Waals surface area contributed by atoms with Crippen LogP contribution in [0.2, 0.25) is 5.02 Å². The third-order valence-electron chi connectivity index (χ3n) is 2.10. The highest BCUT2D eigenvalue weighted by atomic mass is 35.5. The van der Waals surface area contributed by atoms with Gasteiger partial charge >= 0.3 is 0 Å². The molecule has 0 aliphatic carbocycles. The highest BCUT2D eigenvalue weighted by Gasteiger charge is 2.08. The number of nitrogens with zero attached hydrogens (tertiary/aromatic N) is 4. The average Bonchev–Trinajstić information content (AvgIpc) is 2.40. The van der Waals surface area contributed by atoms with Crippen LogP contribution in [0.4, 0.5) is 0 Å². The van der Waals surface area contributed by atoms with Gasteiger partial charge in [-0.2, -0.15) is 0 Å². The minimum absolute atomic E-state index is 0.0589. The van der Waals surface area contributed by atoms with Crippen LogP contribution in [0.25, 0.3) is 0 Å². The molecule has 2 heterocycles. The lowest BCUT2D eigenvalue weighted by Crippen LogP contribution is -2.16. The number of pyridine rings is 1. The molecule has 2 aromatic rings. The molecule has 0 fully saturated rings. The van der Waals surface area contributed by atoms with Crippen molar-refractivity contribution in [2.24, 2.45) is 10.9 Å². The van der Waals surface area contributed by atoms with Crippen molar-refractivity contribution in [1.29, 1.82) is 0 Å².